The number of ether oxygens (including phenoxy) is 1. The van der Waals surface area contributed by atoms with Crippen LogP contribution in [0.15, 0.2) is 11.2 Å². The van der Waals surface area contributed by atoms with Crippen LogP contribution in [0.3, 0.4) is 0 Å². The van der Waals surface area contributed by atoms with E-state index >= 15 is 0 Å². The SMILES string of the molecule is CCCCOCCCNC(=NCc1ncc(C)s1)NCC.I. The first-order valence-electron chi connectivity index (χ1n) is 7.77. The van der Waals surface area contributed by atoms with Crippen molar-refractivity contribution in [2.45, 2.75) is 46.6 Å². The minimum Gasteiger partial charge on any atom is -0.381 e. The number of rotatable bonds is 10. The molecule has 0 unspecified atom stereocenters. The van der Waals surface area contributed by atoms with Gasteiger partial charge in [-0.1, -0.05) is 13.3 Å². The molecule has 1 rings (SSSR count). The lowest BCUT2D eigenvalue weighted by Crippen LogP contribution is -2.38. The van der Waals surface area contributed by atoms with E-state index < -0.39 is 0 Å². The third-order valence-corrected chi connectivity index (χ3v) is 3.68. The lowest BCUT2D eigenvalue weighted by Gasteiger charge is -2.11. The van der Waals surface area contributed by atoms with E-state index in [0.717, 1.165) is 50.1 Å². The molecule has 128 valence electrons. The summed E-state index contributed by atoms with van der Waals surface area (Å²) < 4.78 is 5.54. The Morgan fingerprint density at radius 2 is 2.05 bits per heavy atom. The van der Waals surface area contributed by atoms with Crippen LogP contribution in [0.1, 0.15) is 43.0 Å². The molecule has 1 aromatic heterocycles. The molecule has 0 saturated heterocycles. The molecule has 0 aliphatic carbocycles. The molecule has 0 radical (unpaired) electrons. The number of aryl methyl sites for hydroxylation is 1. The second-order valence-corrected chi connectivity index (χ2v) is 6.13. The molecule has 22 heavy (non-hydrogen) atoms. The van der Waals surface area contributed by atoms with Crippen molar-refractivity contribution in [2.75, 3.05) is 26.3 Å². The predicted octanol–water partition coefficient (Wildman–Crippen LogP) is 3.33. The number of hydrogen-bond acceptors (Lipinski definition) is 4. The average Bonchev–Trinajstić information content (AvgIpc) is 2.89. The third kappa shape index (κ3) is 10.3. The van der Waals surface area contributed by atoms with E-state index in [9.17, 15) is 0 Å². The van der Waals surface area contributed by atoms with E-state index in [1.165, 1.54) is 11.3 Å². The first-order valence-corrected chi connectivity index (χ1v) is 8.59. The summed E-state index contributed by atoms with van der Waals surface area (Å²) in [6.45, 7) is 10.3. The van der Waals surface area contributed by atoms with Crippen LogP contribution >= 0.6 is 35.3 Å². The second kappa shape index (κ2) is 14.2. The van der Waals surface area contributed by atoms with E-state index in [-0.39, 0.29) is 24.0 Å². The van der Waals surface area contributed by atoms with Crippen molar-refractivity contribution in [1.29, 1.82) is 0 Å². The highest BCUT2D eigenvalue weighted by molar-refractivity contribution is 14.0. The third-order valence-electron chi connectivity index (χ3n) is 2.79. The van der Waals surface area contributed by atoms with Crippen LogP contribution in [0.2, 0.25) is 0 Å². The van der Waals surface area contributed by atoms with Gasteiger partial charge in [0.2, 0.25) is 0 Å². The van der Waals surface area contributed by atoms with Crippen LogP contribution < -0.4 is 10.6 Å². The van der Waals surface area contributed by atoms with Gasteiger partial charge in [-0.05, 0) is 26.7 Å². The molecule has 0 atom stereocenters. The predicted molar refractivity (Wildman–Crippen MR) is 105 cm³/mol. The number of halogens is 1. The van der Waals surface area contributed by atoms with Gasteiger partial charge in [-0.3, -0.25) is 0 Å². The number of hydrogen-bond donors (Lipinski definition) is 2. The van der Waals surface area contributed by atoms with Crippen molar-refractivity contribution in [3.05, 3.63) is 16.1 Å². The molecule has 1 aromatic rings. The fraction of sp³-hybridized carbons (Fsp3) is 0.733. The van der Waals surface area contributed by atoms with Crippen molar-refractivity contribution in [3.63, 3.8) is 0 Å². The fourth-order valence-electron chi connectivity index (χ4n) is 1.69. The lowest BCUT2D eigenvalue weighted by atomic mass is 10.4. The van der Waals surface area contributed by atoms with Crippen molar-refractivity contribution in [2.24, 2.45) is 4.99 Å². The molecule has 0 bridgehead atoms. The van der Waals surface area contributed by atoms with Gasteiger partial charge in [0.1, 0.15) is 5.01 Å². The molecular formula is C15H29IN4OS. The zero-order valence-corrected chi connectivity index (χ0v) is 17.0. The van der Waals surface area contributed by atoms with Crippen molar-refractivity contribution >= 4 is 41.3 Å². The average molecular weight is 440 g/mol. The Bertz CT molecular complexity index is 412. The van der Waals surface area contributed by atoms with Crippen LogP contribution in [-0.2, 0) is 11.3 Å². The van der Waals surface area contributed by atoms with Crippen LogP contribution in [0, 0.1) is 6.92 Å². The highest BCUT2D eigenvalue weighted by Crippen LogP contribution is 2.11. The highest BCUT2D eigenvalue weighted by atomic mass is 127. The molecule has 7 heteroatoms. The Hall–Kier alpha value is -0.410. The fourth-order valence-corrected chi connectivity index (χ4v) is 2.40. The standard InChI is InChI=1S/C15H28N4OS.HI/c1-4-6-9-20-10-7-8-17-15(16-5-2)19-12-14-18-11-13(3)21-14;/h11H,4-10,12H2,1-3H3,(H2,16,17,19);1H. The molecule has 0 aliphatic heterocycles. The molecule has 0 aromatic carbocycles. The summed E-state index contributed by atoms with van der Waals surface area (Å²) in [6.07, 6.45) is 5.21. The van der Waals surface area contributed by atoms with Gasteiger partial charge >= 0.3 is 0 Å². The van der Waals surface area contributed by atoms with Crippen LogP contribution in [-0.4, -0.2) is 37.2 Å². The Morgan fingerprint density at radius 3 is 2.68 bits per heavy atom. The summed E-state index contributed by atoms with van der Waals surface area (Å²) in [4.78, 5) is 10.1. The number of nitrogens with one attached hydrogen (secondary N) is 2. The van der Waals surface area contributed by atoms with E-state index in [4.69, 9.17) is 4.74 Å². The summed E-state index contributed by atoms with van der Waals surface area (Å²) in [6, 6.07) is 0. The summed E-state index contributed by atoms with van der Waals surface area (Å²) in [5, 5.41) is 7.62. The van der Waals surface area contributed by atoms with Gasteiger partial charge in [0, 0.05) is 37.4 Å². The van der Waals surface area contributed by atoms with Gasteiger partial charge in [-0.2, -0.15) is 0 Å². The minimum absolute atomic E-state index is 0. The lowest BCUT2D eigenvalue weighted by molar-refractivity contribution is 0.129. The van der Waals surface area contributed by atoms with E-state index in [2.05, 4.69) is 41.4 Å². The van der Waals surface area contributed by atoms with Gasteiger partial charge < -0.3 is 15.4 Å². The molecule has 0 saturated carbocycles. The van der Waals surface area contributed by atoms with Gasteiger partial charge in [-0.15, -0.1) is 35.3 Å². The Labute approximate surface area is 155 Å². The monoisotopic (exact) mass is 440 g/mol. The second-order valence-electron chi connectivity index (χ2n) is 4.81. The zero-order valence-electron chi connectivity index (χ0n) is 13.9. The van der Waals surface area contributed by atoms with Crippen molar-refractivity contribution in [3.8, 4) is 0 Å². The minimum atomic E-state index is 0. The van der Waals surface area contributed by atoms with E-state index in [1.807, 2.05) is 6.20 Å². The smallest absolute Gasteiger partial charge is 0.191 e. The first-order chi connectivity index (χ1) is 10.3. The maximum absolute atomic E-state index is 5.54. The highest BCUT2D eigenvalue weighted by Gasteiger charge is 2.00. The summed E-state index contributed by atoms with van der Waals surface area (Å²) >= 11 is 1.69. The molecule has 2 N–H and O–H groups in total. The normalized spacial score (nSPS) is 11.1. The quantitative estimate of drug-likeness (QED) is 0.254. The number of thiazole rings is 1. The summed E-state index contributed by atoms with van der Waals surface area (Å²) in [7, 11) is 0. The number of aromatic nitrogens is 1. The molecule has 1 heterocycles. The van der Waals surface area contributed by atoms with Gasteiger partial charge in [0.25, 0.3) is 0 Å². The van der Waals surface area contributed by atoms with E-state index in [1.54, 1.807) is 11.3 Å². The molecule has 0 spiro atoms. The molecule has 0 amide bonds. The largest absolute Gasteiger partial charge is 0.381 e. The molecule has 0 aliphatic rings. The molecule has 5 nitrogen and oxygen atoms in total. The topological polar surface area (TPSA) is 58.5 Å². The van der Waals surface area contributed by atoms with Gasteiger partial charge in [0.05, 0.1) is 6.54 Å². The first kappa shape index (κ1) is 21.6. The van der Waals surface area contributed by atoms with Crippen LogP contribution in [0.4, 0.5) is 0 Å². The van der Waals surface area contributed by atoms with Crippen molar-refractivity contribution in [1.82, 2.24) is 15.6 Å². The van der Waals surface area contributed by atoms with E-state index in [0.29, 0.717) is 6.54 Å². The maximum Gasteiger partial charge on any atom is 0.191 e. The van der Waals surface area contributed by atoms with Crippen LogP contribution in [0.5, 0.6) is 0 Å². The number of aliphatic imine (C=N–C) groups is 1. The number of unbranched alkanes of at least 4 members (excludes halogenated alkanes) is 1. The summed E-state index contributed by atoms with van der Waals surface area (Å²) in [5.74, 6) is 0.846. The van der Waals surface area contributed by atoms with Crippen molar-refractivity contribution < 1.29 is 4.74 Å². The number of guanidine groups is 1. The Balaban J connectivity index is 0.00000441. The zero-order chi connectivity index (χ0) is 15.3. The Morgan fingerprint density at radius 1 is 1.27 bits per heavy atom. The van der Waals surface area contributed by atoms with Crippen LogP contribution in [0.25, 0.3) is 0 Å². The summed E-state index contributed by atoms with van der Waals surface area (Å²) in [5.41, 5.74) is 0. The van der Waals surface area contributed by atoms with Gasteiger partial charge in [0.15, 0.2) is 5.96 Å². The molecular weight excluding hydrogens is 411 g/mol. The molecule has 0 fully saturated rings. The maximum atomic E-state index is 5.54. The Kier molecular flexibility index (Phi) is 13.9. The van der Waals surface area contributed by atoms with Gasteiger partial charge in [-0.25, -0.2) is 9.98 Å². The number of nitrogens with zero attached hydrogens (tertiary/aromatic N) is 2.